The zero-order chi connectivity index (χ0) is 7.56. The fraction of sp³-hybridized carbons (Fsp3) is 0.333. The molecule has 0 saturated carbocycles. The molecule has 0 aliphatic carbocycles. The molecule has 0 bridgehead atoms. The lowest BCUT2D eigenvalue weighted by Crippen LogP contribution is -2.18. The van der Waals surface area contributed by atoms with Gasteiger partial charge in [-0.3, -0.25) is 4.79 Å². The maximum atomic E-state index is 11.1. The Balaban J connectivity index is 3.28. The first-order valence-electron chi connectivity index (χ1n) is 2.81. The Morgan fingerprint density at radius 1 is 1.70 bits per heavy atom. The minimum atomic E-state index is -0.0324. The van der Waals surface area contributed by atoms with E-state index in [-0.39, 0.29) is 5.56 Å². The van der Waals surface area contributed by atoms with Crippen LogP contribution < -0.4 is 5.56 Å². The fourth-order valence-corrected chi connectivity index (χ4v) is 1.10. The van der Waals surface area contributed by atoms with Gasteiger partial charge in [0.1, 0.15) is 0 Å². The van der Waals surface area contributed by atoms with E-state index >= 15 is 0 Å². The smallest absolute Gasteiger partial charge is 0.282 e. The Kier molecular flexibility index (Phi) is 2.11. The number of hydrogen-bond acceptors (Lipinski definition) is 3. The van der Waals surface area contributed by atoms with E-state index in [9.17, 15) is 4.79 Å². The van der Waals surface area contributed by atoms with Crippen molar-refractivity contribution in [3.05, 3.63) is 22.7 Å². The quantitative estimate of drug-likeness (QED) is 0.555. The van der Waals surface area contributed by atoms with Crippen molar-refractivity contribution in [1.29, 1.82) is 0 Å². The summed E-state index contributed by atoms with van der Waals surface area (Å²) < 4.78 is 1.51. The minimum absolute atomic E-state index is 0.0324. The van der Waals surface area contributed by atoms with Crippen molar-refractivity contribution >= 4 is 11.8 Å². The third-order valence-corrected chi connectivity index (χ3v) is 1.85. The first kappa shape index (κ1) is 7.34. The lowest BCUT2D eigenvalue weighted by Gasteiger charge is -1.96. The molecule has 0 aromatic carbocycles. The van der Waals surface area contributed by atoms with Gasteiger partial charge in [-0.15, -0.1) is 11.8 Å². The van der Waals surface area contributed by atoms with Crippen LogP contribution >= 0.6 is 11.8 Å². The third-order valence-electron chi connectivity index (χ3n) is 1.18. The molecule has 3 nitrogen and oxygen atoms in total. The van der Waals surface area contributed by atoms with E-state index < -0.39 is 0 Å². The zero-order valence-corrected chi connectivity index (χ0v) is 6.68. The van der Waals surface area contributed by atoms with Crippen molar-refractivity contribution in [3.63, 3.8) is 0 Å². The molecule has 4 heteroatoms. The maximum absolute atomic E-state index is 11.1. The van der Waals surface area contributed by atoms with E-state index in [4.69, 9.17) is 0 Å². The van der Waals surface area contributed by atoms with Crippen LogP contribution in [-0.4, -0.2) is 15.8 Å². The SMILES string of the molecule is CSc1nccn(C)c1=O. The van der Waals surface area contributed by atoms with Crippen LogP contribution in [0.15, 0.2) is 22.2 Å². The fourth-order valence-electron chi connectivity index (χ4n) is 0.615. The van der Waals surface area contributed by atoms with Crippen LogP contribution in [0.2, 0.25) is 0 Å². The molecule has 0 radical (unpaired) electrons. The van der Waals surface area contributed by atoms with Crippen LogP contribution in [0.4, 0.5) is 0 Å². The monoisotopic (exact) mass is 156 g/mol. The molecule has 0 fully saturated rings. The Hall–Kier alpha value is -0.770. The summed E-state index contributed by atoms with van der Waals surface area (Å²) >= 11 is 1.37. The molecule has 1 aromatic heterocycles. The molecule has 0 N–H and O–H groups in total. The lowest BCUT2D eigenvalue weighted by atomic mass is 10.7. The van der Waals surface area contributed by atoms with E-state index in [1.807, 2.05) is 6.26 Å². The molecule has 54 valence electrons. The van der Waals surface area contributed by atoms with Crippen LogP contribution in [0.25, 0.3) is 0 Å². The molecular weight excluding hydrogens is 148 g/mol. The number of nitrogens with zero attached hydrogens (tertiary/aromatic N) is 2. The van der Waals surface area contributed by atoms with Gasteiger partial charge in [0.25, 0.3) is 5.56 Å². The predicted molar refractivity (Wildman–Crippen MR) is 41.3 cm³/mol. The number of aromatic nitrogens is 2. The maximum Gasteiger partial charge on any atom is 0.282 e. The van der Waals surface area contributed by atoms with Gasteiger partial charge in [0.2, 0.25) is 0 Å². The van der Waals surface area contributed by atoms with Crippen LogP contribution in [0, 0.1) is 0 Å². The number of thioether (sulfide) groups is 1. The molecule has 0 amide bonds. The average molecular weight is 156 g/mol. The van der Waals surface area contributed by atoms with Gasteiger partial charge in [-0.25, -0.2) is 4.98 Å². The summed E-state index contributed by atoms with van der Waals surface area (Å²) in [5, 5.41) is 0.546. The summed E-state index contributed by atoms with van der Waals surface area (Å²) in [4.78, 5) is 15.0. The van der Waals surface area contributed by atoms with Crippen LogP contribution in [0.5, 0.6) is 0 Å². The van der Waals surface area contributed by atoms with Crippen LogP contribution in [0.3, 0.4) is 0 Å². The predicted octanol–water partition coefficient (Wildman–Crippen LogP) is 0.502. The molecule has 10 heavy (non-hydrogen) atoms. The van der Waals surface area contributed by atoms with Crippen molar-refractivity contribution in [2.45, 2.75) is 5.03 Å². The largest absolute Gasteiger partial charge is 0.315 e. The average Bonchev–Trinajstić information content (AvgIpc) is 1.95. The highest BCUT2D eigenvalue weighted by Crippen LogP contribution is 2.01. The van der Waals surface area contributed by atoms with Crippen molar-refractivity contribution in [2.24, 2.45) is 7.05 Å². The summed E-state index contributed by atoms with van der Waals surface area (Å²) in [5.41, 5.74) is -0.0324. The van der Waals surface area contributed by atoms with Crippen LogP contribution in [-0.2, 0) is 7.05 Å². The number of aryl methyl sites for hydroxylation is 1. The Labute approximate surface area is 63.1 Å². The van der Waals surface area contributed by atoms with Crippen LogP contribution in [0.1, 0.15) is 0 Å². The van der Waals surface area contributed by atoms with Crippen molar-refractivity contribution in [3.8, 4) is 0 Å². The molecule has 1 aromatic rings. The zero-order valence-electron chi connectivity index (χ0n) is 5.87. The lowest BCUT2D eigenvalue weighted by molar-refractivity contribution is 0.795. The third kappa shape index (κ3) is 1.21. The first-order valence-corrected chi connectivity index (χ1v) is 4.04. The highest BCUT2D eigenvalue weighted by Gasteiger charge is 1.97. The van der Waals surface area contributed by atoms with Gasteiger partial charge in [0, 0.05) is 19.4 Å². The molecule has 0 saturated heterocycles. The summed E-state index contributed by atoms with van der Waals surface area (Å²) in [6.07, 6.45) is 5.10. The standard InChI is InChI=1S/C6H8N2OS/c1-8-4-3-7-5(10-2)6(8)9/h3-4H,1-2H3. The topological polar surface area (TPSA) is 34.9 Å². The van der Waals surface area contributed by atoms with E-state index in [1.165, 1.54) is 16.3 Å². The van der Waals surface area contributed by atoms with Crippen molar-refractivity contribution < 1.29 is 0 Å². The molecule has 0 aliphatic rings. The number of hydrogen-bond donors (Lipinski definition) is 0. The Morgan fingerprint density at radius 2 is 2.40 bits per heavy atom. The van der Waals surface area contributed by atoms with Gasteiger partial charge in [0.05, 0.1) is 0 Å². The van der Waals surface area contributed by atoms with E-state index in [0.717, 1.165) is 0 Å². The summed E-state index contributed by atoms with van der Waals surface area (Å²) in [6, 6.07) is 0. The van der Waals surface area contributed by atoms with Gasteiger partial charge in [0.15, 0.2) is 5.03 Å². The molecule has 1 heterocycles. The van der Waals surface area contributed by atoms with Gasteiger partial charge in [-0.1, -0.05) is 0 Å². The highest BCUT2D eigenvalue weighted by molar-refractivity contribution is 7.98. The first-order chi connectivity index (χ1) is 4.75. The molecular formula is C6H8N2OS. The molecule has 0 atom stereocenters. The summed E-state index contributed by atoms with van der Waals surface area (Å²) in [6.45, 7) is 0. The Bertz CT molecular complexity index is 281. The summed E-state index contributed by atoms with van der Waals surface area (Å²) in [5.74, 6) is 0. The van der Waals surface area contributed by atoms with E-state index in [2.05, 4.69) is 4.98 Å². The van der Waals surface area contributed by atoms with Crippen molar-refractivity contribution in [2.75, 3.05) is 6.26 Å². The van der Waals surface area contributed by atoms with Gasteiger partial charge < -0.3 is 4.57 Å². The number of rotatable bonds is 1. The second-order valence-electron chi connectivity index (χ2n) is 1.85. The van der Waals surface area contributed by atoms with Crippen molar-refractivity contribution in [1.82, 2.24) is 9.55 Å². The highest BCUT2D eigenvalue weighted by atomic mass is 32.2. The van der Waals surface area contributed by atoms with Gasteiger partial charge in [-0.2, -0.15) is 0 Å². The second kappa shape index (κ2) is 2.88. The second-order valence-corrected chi connectivity index (χ2v) is 2.65. The normalized spacial score (nSPS) is 9.80. The summed E-state index contributed by atoms with van der Waals surface area (Å²) in [7, 11) is 1.71. The minimum Gasteiger partial charge on any atom is -0.315 e. The molecule has 0 aliphatic heterocycles. The van der Waals surface area contributed by atoms with E-state index in [0.29, 0.717) is 5.03 Å². The van der Waals surface area contributed by atoms with E-state index in [1.54, 1.807) is 19.4 Å². The Morgan fingerprint density at radius 3 is 2.90 bits per heavy atom. The van der Waals surface area contributed by atoms with Gasteiger partial charge in [-0.05, 0) is 6.26 Å². The van der Waals surface area contributed by atoms with Gasteiger partial charge >= 0.3 is 0 Å². The molecule has 1 rings (SSSR count). The molecule has 0 spiro atoms. The molecule has 0 unspecified atom stereocenters.